The number of hydrogen-bond donors (Lipinski definition) is 1. The highest BCUT2D eigenvalue weighted by molar-refractivity contribution is 7.89. The normalized spacial score (nSPS) is 14.7. The SMILES string of the molecule is CCCOc1ccc(C(=O)NCc2ccc(S(=O)(=O)N3CCCCC3)cc2)cc1OCC. The van der Waals surface area contributed by atoms with Crippen molar-refractivity contribution in [3.63, 3.8) is 0 Å². The number of hydrogen-bond acceptors (Lipinski definition) is 5. The van der Waals surface area contributed by atoms with E-state index in [9.17, 15) is 13.2 Å². The fourth-order valence-electron chi connectivity index (χ4n) is 3.57. The molecular formula is C24H32N2O5S. The van der Waals surface area contributed by atoms with Crippen molar-refractivity contribution in [1.29, 1.82) is 0 Å². The quantitative estimate of drug-likeness (QED) is 0.580. The second kappa shape index (κ2) is 11.3. The van der Waals surface area contributed by atoms with Crippen LogP contribution in [0, 0.1) is 0 Å². The molecule has 0 aromatic heterocycles. The molecule has 0 saturated carbocycles. The van der Waals surface area contributed by atoms with Crippen LogP contribution in [0.15, 0.2) is 47.4 Å². The Hall–Kier alpha value is -2.58. The first-order valence-corrected chi connectivity index (χ1v) is 12.7. The van der Waals surface area contributed by atoms with Gasteiger partial charge in [-0.1, -0.05) is 25.5 Å². The zero-order valence-electron chi connectivity index (χ0n) is 18.8. The number of benzene rings is 2. The summed E-state index contributed by atoms with van der Waals surface area (Å²) < 4.78 is 38.4. The molecule has 1 amide bonds. The molecule has 1 aliphatic heterocycles. The molecule has 174 valence electrons. The topological polar surface area (TPSA) is 84.9 Å². The Kier molecular flexibility index (Phi) is 8.53. The van der Waals surface area contributed by atoms with E-state index in [0.717, 1.165) is 31.2 Å². The highest BCUT2D eigenvalue weighted by Gasteiger charge is 2.25. The molecule has 0 spiro atoms. The standard InChI is InChI=1S/C24H32N2O5S/c1-3-16-31-22-13-10-20(17-23(22)30-4-2)24(27)25-18-19-8-11-21(12-9-19)32(28,29)26-14-6-5-7-15-26/h8-13,17H,3-7,14-16,18H2,1-2H3,(H,25,27). The Morgan fingerprint density at radius 2 is 1.69 bits per heavy atom. The molecule has 1 heterocycles. The van der Waals surface area contributed by atoms with Gasteiger partial charge >= 0.3 is 0 Å². The van der Waals surface area contributed by atoms with Crippen LogP contribution in [-0.2, 0) is 16.6 Å². The largest absolute Gasteiger partial charge is 0.490 e. The summed E-state index contributed by atoms with van der Waals surface area (Å²) in [6.45, 7) is 6.40. The molecule has 0 unspecified atom stereocenters. The van der Waals surface area contributed by atoms with E-state index < -0.39 is 10.0 Å². The van der Waals surface area contributed by atoms with Crippen molar-refractivity contribution in [2.45, 2.75) is 51.0 Å². The van der Waals surface area contributed by atoms with E-state index in [4.69, 9.17) is 9.47 Å². The maximum absolute atomic E-state index is 12.8. The van der Waals surface area contributed by atoms with Crippen LogP contribution < -0.4 is 14.8 Å². The van der Waals surface area contributed by atoms with Crippen molar-refractivity contribution in [3.8, 4) is 11.5 Å². The number of rotatable bonds is 10. The van der Waals surface area contributed by atoms with Gasteiger partial charge in [0.25, 0.3) is 5.91 Å². The minimum atomic E-state index is -3.45. The molecule has 7 nitrogen and oxygen atoms in total. The summed E-state index contributed by atoms with van der Waals surface area (Å²) in [5.41, 5.74) is 1.30. The van der Waals surface area contributed by atoms with Gasteiger partial charge in [-0.15, -0.1) is 0 Å². The van der Waals surface area contributed by atoms with E-state index in [1.54, 1.807) is 46.8 Å². The first-order valence-electron chi connectivity index (χ1n) is 11.2. The van der Waals surface area contributed by atoms with Gasteiger partial charge in [-0.05, 0) is 62.1 Å². The van der Waals surface area contributed by atoms with Crippen LogP contribution >= 0.6 is 0 Å². The van der Waals surface area contributed by atoms with Crippen LogP contribution in [-0.4, -0.2) is 44.9 Å². The lowest BCUT2D eigenvalue weighted by molar-refractivity contribution is 0.0950. The Bertz CT molecular complexity index is 1000. The summed E-state index contributed by atoms with van der Waals surface area (Å²) in [6, 6.07) is 11.8. The number of piperidine rings is 1. The summed E-state index contributed by atoms with van der Waals surface area (Å²) in [5, 5.41) is 2.87. The van der Waals surface area contributed by atoms with Gasteiger partial charge in [0.15, 0.2) is 11.5 Å². The van der Waals surface area contributed by atoms with Gasteiger partial charge in [0.2, 0.25) is 10.0 Å². The molecule has 1 saturated heterocycles. The molecular weight excluding hydrogens is 428 g/mol. The van der Waals surface area contributed by atoms with Gasteiger partial charge in [0.1, 0.15) is 0 Å². The average molecular weight is 461 g/mol. The van der Waals surface area contributed by atoms with Crippen LogP contribution in [0.1, 0.15) is 55.5 Å². The average Bonchev–Trinajstić information content (AvgIpc) is 2.82. The highest BCUT2D eigenvalue weighted by atomic mass is 32.2. The van der Waals surface area contributed by atoms with Crippen LogP contribution in [0.5, 0.6) is 11.5 Å². The molecule has 2 aromatic carbocycles. The number of carbonyl (C=O) groups excluding carboxylic acids is 1. The van der Waals surface area contributed by atoms with Gasteiger partial charge in [-0.3, -0.25) is 4.79 Å². The van der Waals surface area contributed by atoms with Crippen LogP contribution in [0.3, 0.4) is 0 Å². The molecule has 3 rings (SSSR count). The summed E-state index contributed by atoms with van der Waals surface area (Å²) in [5.74, 6) is 0.926. The maximum atomic E-state index is 12.8. The van der Waals surface area contributed by atoms with Crippen molar-refractivity contribution in [2.75, 3.05) is 26.3 Å². The van der Waals surface area contributed by atoms with E-state index in [0.29, 0.717) is 54.8 Å². The third kappa shape index (κ3) is 6.01. The molecule has 1 fully saturated rings. The summed E-state index contributed by atoms with van der Waals surface area (Å²) in [6.07, 6.45) is 3.76. The maximum Gasteiger partial charge on any atom is 0.251 e. The Balaban J connectivity index is 1.62. The predicted octanol–water partition coefficient (Wildman–Crippen LogP) is 3.98. The molecule has 1 N–H and O–H groups in total. The van der Waals surface area contributed by atoms with Gasteiger partial charge in [-0.25, -0.2) is 8.42 Å². The molecule has 0 aliphatic carbocycles. The fraction of sp³-hybridized carbons (Fsp3) is 0.458. The lowest BCUT2D eigenvalue weighted by atomic mass is 10.1. The number of ether oxygens (including phenoxy) is 2. The summed E-state index contributed by atoms with van der Waals surface area (Å²) in [7, 11) is -3.45. The van der Waals surface area contributed by atoms with E-state index in [2.05, 4.69) is 5.32 Å². The summed E-state index contributed by atoms with van der Waals surface area (Å²) in [4.78, 5) is 12.9. The summed E-state index contributed by atoms with van der Waals surface area (Å²) >= 11 is 0. The highest BCUT2D eigenvalue weighted by Crippen LogP contribution is 2.29. The third-order valence-corrected chi connectivity index (χ3v) is 7.21. The fourth-order valence-corrected chi connectivity index (χ4v) is 5.08. The second-order valence-electron chi connectivity index (χ2n) is 7.73. The van der Waals surface area contributed by atoms with E-state index in [1.165, 1.54) is 0 Å². The molecule has 32 heavy (non-hydrogen) atoms. The van der Waals surface area contributed by atoms with Crippen molar-refractivity contribution in [2.24, 2.45) is 0 Å². The molecule has 2 aromatic rings. The first kappa shape index (κ1) is 24.1. The molecule has 1 aliphatic rings. The van der Waals surface area contributed by atoms with E-state index in [1.807, 2.05) is 13.8 Å². The van der Waals surface area contributed by atoms with Crippen LogP contribution in [0.25, 0.3) is 0 Å². The minimum Gasteiger partial charge on any atom is -0.490 e. The number of amides is 1. The van der Waals surface area contributed by atoms with Crippen molar-refractivity contribution in [3.05, 3.63) is 53.6 Å². The van der Waals surface area contributed by atoms with Crippen molar-refractivity contribution >= 4 is 15.9 Å². The Labute approximate surface area is 190 Å². The predicted molar refractivity (Wildman–Crippen MR) is 124 cm³/mol. The van der Waals surface area contributed by atoms with Crippen molar-refractivity contribution in [1.82, 2.24) is 9.62 Å². The Morgan fingerprint density at radius 1 is 0.969 bits per heavy atom. The zero-order chi connectivity index (χ0) is 23.0. The molecule has 0 atom stereocenters. The Morgan fingerprint density at radius 3 is 2.34 bits per heavy atom. The number of nitrogens with zero attached hydrogens (tertiary/aromatic N) is 1. The molecule has 0 radical (unpaired) electrons. The van der Waals surface area contributed by atoms with Crippen LogP contribution in [0.2, 0.25) is 0 Å². The monoisotopic (exact) mass is 460 g/mol. The van der Waals surface area contributed by atoms with Gasteiger partial charge in [0, 0.05) is 25.2 Å². The smallest absolute Gasteiger partial charge is 0.251 e. The molecule has 0 bridgehead atoms. The van der Waals surface area contributed by atoms with Gasteiger partial charge in [-0.2, -0.15) is 4.31 Å². The van der Waals surface area contributed by atoms with Gasteiger partial charge < -0.3 is 14.8 Å². The number of nitrogens with one attached hydrogen (secondary N) is 1. The first-order chi connectivity index (χ1) is 15.5. The third-order valence-electron chi connectivity index (χ3n) is 5.30. The lowest BCUT2D eigenvalue weighted by Crippen LogP contribution is -2.35. The second-order valence-corrected chi connectivity index (χ2v) is 9.67. The van der Waals surface area contributed by atoms with Gasteiger partial charge in [0.05, 0.1) is 18.1 Å². The minimum absolute atomic E-state index is 0.238. The van der Waals surface area contributed by atoms with E-state index >= 15 is 0 Å². The van der Waals surface area contributed by atoms with Crippen molar-refractivity contribution < 1.29 is 22.7 Å². The lowest BCUT2D eigenvalue weighted by Gasteiger charge is -2.25. The zero-order valence-corrected chi connectivity index (χ0v) is 19.6. The van der Waals surface area contributed by atoms with E-state index in [-0.39, 0.29) is 5.91 Å². The molecule has 8 heteroatoms. The number of carbonyl (C=O) groups is 1. The number of sulfonamides is 1. The van der Waals surface area contributed by atoms with Crippen LogP contribution in [0.4, 0.5) is 0 Å².